The first kappa shape index (κ1) is 19.9. The van der Waals surface area contributed by atoms with Gasteiger partial charge in [0.1, 0.15) is 29.4 Å². The van der Waals surface area contributed by atoms with Crippen molar-refractivity contribution in [1.29, 1.82) is 0 Å². The molecule has 5 aromatic heterocycles. The molecule has 5 heterocycles. The molecule has 0 unspecified atom stereocenters. The van der Waals surface area contributed by atoms with Crippen LogP contribution in [0.15, 0.2) is 79.5 Å². The van der Waals surface area contributed by atoms with E-state index in [0.717, 1.165) is 28.4 Å². The number of rotatable bonds is 4. The molecule has 0 aliphatic rings. The number of nitrogen functional groups attached to an aromatic ring is 1. The number of nitrogens with zero attached hydrogens (tertiary/aromatic N) is 6. The first-order valence-corrected chi connectivity index (χ1v) is 10.5. The van der Waals surface area contributed by atoms with Gasteiger partial charge in [-0.05, 0) is 42.5 Å². The Bertz CT molecular complexity index is 1650. The largest absolute Gasteiger partial charge is 0.508 e. The van der Waals surface area contributed by atoms with Crippen molar-refractivity contribution in [1.82, 2.24) is 29.1 Å². The van der Waals surface area contributed by atoms with Gasteiger partial charge in [0.15, 0.2) is 5.65 Å². The zero-order valence-corrected chi connectivity index (χ0v) is 17.8. The molecule has 166 valence electrons. The Hall–Kier alpha value is -4.79. The number of anilines is 1. The molecule has 6 rings (SSSR count). The van der Waals surface area contributed by atoms with Crippen molar-refractivity contribution in [2.75, 3.05) is 5.73 Å². The van der Waals surface area contributed by atoms with Gasteiger partial charge in [-0.2, -0.15) is 5.10 Å². The van der Waals surface area contributed by atoms with Crippen molar-refractivity contribution in [3.05, 3.63) is 90.9 Å². The molecule has 0 atom stereocenters. The van der Waals surface area contributed by atoms with E-state index in [-0.39, 0.29) is 11.6 Å². The van der Waals surface area contributed by atoms with Gasteiger partial charge >= 0.3 is 0 Å². The predicted molar refractivity (Wildman–Crippen MR) is 127 cm³/mol. The molecule has 8 nitrogen and oxygen atoms in total. The van der Waals surface area contributed by atoms with E-state index < -0.39 is 5.82 Å². The van der Waals surface area contributed by atoms with Crippen molar-refractivity contribution in [3.63, 3.8) is 0 Å². The maximum atomic E-state index is 14.1. The van der Waals surface area contributed by atoms with Gasteiger partial charge in [-0.15, -0.1) is 0 Å². The fourth-order valence-electron chi connectivity index (χ4n) is 4.35. The molecule has 0 amide bonds. The van der Waals surface area contributed by atoms with Gasteiger partial charge in [0.25, 0.3) is 0 Å². The molecular formula is C25H18FN7O. The lowest BCUT2D eigenvalue weighted by Gasteiger charge is -2.08. The maximum absolute atomic E-state index is 14.1. The number of pyridine rings is 2. The molecule has 0 spiro atoms. The van der Waals surface area contributed by atoms with E-state index in [1.165, 1.54) is 18.5 Å². The average Bonchev–Trinajstić information content (AvgIpc) is 3.38. The lowest BCUT2D eigenvalue weighted by Crippen LogP contribution is -2.04. The molecule has 0 saturated heterocycles. The lowest BCUT2D eigenvalue weighted by molar-refractivity contribution is 0.469. The number of fused-ring (bicyclic) bond motifs is 2. The summed E-state index contributed by atoms with van der Waals surface area (Å²) in [6.07, 6.45) is 6.90. The highest BCUT2D eigenvalue weighted by atomic mass is 19.1. The first-order valence-electron chi connectivity index (χ1n) is 10.5. The number of aromatic nitrogens is 6. The van der Waals surface area contributed by atoms with Gasteiger partial charge in [0.2, 0.25) is 0 Å². The van der Waals surface area contributed by atoms with Gasteiger partial charge in [0.05, 0.1) is 17.6 Å². The van der Waals surface area contributed by atoms with E-state index in [0.29, 0.717) is 28.8 Å². The van der Waals surface area contributed by atoms with Crippen LogP contribution in [-0.4, -0.2) is 34.2 Å². The van der Waals surface area contributed by atoms with Crippen molar-refractivity contribution >= 4 is 22.4 Å². The monoisotopic (exact) mass is 451 g/mol. The van der Waals surface area contributed by atoms with E-state index >= 15 is 0 Å². The second-order valence-corrected chi connectivity index (χ2v) is 7.91. The Balaban J connectivity index is 1.57. The topological polar surface area (TPSA) is 107 Å². The van der Waals surface area contributed by atoms with Crippen molar-refractivity contribution in [2.45, 2.75) is 6.54 Å². The smallest absolute Gasteiger partial charge is 0.164 e. The van der Waals surface area contributed by atoms with Crippen LogP contribution in [0.25, 0.3) is 39.1 Å². The minimum Gasteiger partial charge on any atom is -0.508 e. The van der Waals surface area contributed by atoms with Crippen LogP contribution in [0.1, 0.15) is 5.56 Å². The Labute approximate surface area is 192 Å². The Kier molecular flexibility index (Phi) is 4.48. The number of nitrogens with two attached hydrogens (primary N) is 1. The van der Waals surface area contributed by atoms with E-state index in [1.807, 2.05) is 36.5 Å². The summed E-state index contributed by atoms with van der Waals surface area (Å²) in [5.41, 5.74) is 11.6. The molecule has 0 fully saturated rings. The molecule has 3 N–H and O–H groups in total. The third-order valence-electron chi connectivity index (χ3n) is 5.75. The van der Waals surface area contributed by atoms with Crippen molar-refractivity contribution in [3.8, 4) is 28.3 Å². The summed E-state index contributed by atoms with van der Waals surface area (Å²) >= 11 is 0. The molecule has 0 aliphatic heterocycles. The zero-order chi connectivity index (χ0) is 23.2. The highest BCUT2D eigenvalue weighted by molar-refractivity contribution is 5.98. The summed E-state index contributed by atoms with van der Waals surface area (Å²) in [5.74, 6) is -0.551. The van der Waals surface area contributed by atoms with Gasteiger partial charge in [0, 0.05) is 46.9 Å². The van der Waals surface area contributed by atoms with Crippen molar-refractivity contribution < 1.29 is 9.50 Å². The first-order chi connectivity index (χ1) is 16.6. The molecule has 6 aromatic rings. The van der Waals surface area contributed by atoms with Crippen LogP contribution >= 0.6 is 0 Å². The number of phenols is 1. The molecular weight excluding hydrogens is 433 g/mol. The van der Waals surface area contributed by atoms with Gasteiger partial charge in [-0.1, -0.05) is 6.07 Å². The number of benzene rings is 1. The SMILES string of the molecule is Nc1ncnc2c1c(-c1cc(O)cc(F)c1)nn2Cc1cc2ccccn2c1-c1ccncc1. The number of phenolic OH excluding ortho intramolecular Hbond substituents is 1. The molecule has 0 radical (unpaired) electrons. The second-order valence-electron chi connectivity index (χ2n) is 7.91. The third-order valence-corrected chi connectivity index (χ3v) is 5.75. The van der Waals surface area contributed by atoms with Crippen LogP contribution in [0.2, 0.25) is 0 Å². The van der Waals surface area contributed by atoms with E-state index in [2.05, 4.69) is 25.4 Å². The van der Waals surface area contributed by atoms with Crippen LogP contribution in [0.3, 0.4) is 0 Å². The van der Waals surface area contributed by atoms with Crippen LogP contribution in [-0.2, 0) is 6.54 Å². The summed E-state index contributed by atoms with van der Waals surface area (Å²) in [5, 5.41) is 15.2. The lowest BCUT2D eigenvalue weighted by atomic mass is 10.1. The van der Waals surface area contributed by atoms with Crippen LogP contribution in [0.4, 0.5) is 10.2 Å². The van der Waals surface area contributed by atoms with Gasteiger partial charge in [-0.25, -0.2) is 19.0 Å². The van der Waals surface area contributed by atoms with Gasteiger partial charge in [-0.3, -0.25) is 4.98 Å². The van der Waals surface area contributed by atoms with Gasteiger partial charge < -0.3 is 15.2 Å². The standard InChI is InChI=1S/C25H18FN7O/c26-18-9-16(11-20(34)12-18)22-21-24(27)29-14-30-25(21)33(31-22)13-17-10-19-3-1-2-8-32(19)23(17)15-4-6-28-7-5-15/h1-12,14,34H,13H2,(H2,27,29,30). The van der Waals surface area contributed by atoms with Crippen LogP contribution in [0.5, 0.6) is 5.75 Å². The Morgan fingerprint density at radius 3 is 2.65 bits per heavy atom. The third kappa shape index (κ3) is 3.22. The summed E-state index contributed by atoms with van der Waals surface area (Å²) in [6, 6.07) is 15.8. The predicted octanol–water partition coefficient (Wildman–Crippen LogP) is 4.28. The summed E-state index contributed by atoms with van der Waals surface area (Å²) < 4.78 is 17.9. The maximum Gasteiger partial charge on any atom is 0.164 e. The summed E-state index contributed by atoms with van der Waals surface area (Å²) in [6.45, 7) is 0.383. The second kappa shape index (κ2) is 7.66. The fourth-order valence-corrected chi connectivity index (χ4v) is 4.35. The Morgan fingerprint density at radius 1 is 0.971 bits per heavy atom. The van der Waals surface area contributed by atoms with E-state index in [4.69, 9.17) is 10.8 Å². The fraction of sp³-hybridized carbons (Fsp3) is 0.0400. The minimum absolute atomic E-state index is 0.202. The molecule has 0 aliphatic carbocycles. The zero-order valence-electron chi connectivity index (χ0n) is 17.8. The van der Waals surface area contributed by atoms with Crippen molar-refractivity contribution in [2.24, 2.45) is 0 Å². The molecule has 9 heteroatoms. The summed E-state index contributed by atoms with van der Waals surface area (Å²) in [4.78, 5) is 12.7. The van der Waals surface area contributed by atoms with Crippen LogP contribution in [0, 0.1) is 5.82 Å². The normalized spacial score (nSPS) is 11.4. The molecule has 0 saturated carbocycles. The number of hydrogen-bond acceptors (Lipinski definition) is 6. The highest BCUT2D eigenvalue weighted by Gasteiger charge is 2.20. The number of halogens is 1. The molecule has 0 bridgehead atoms. The van der Waals surface area contributed by atoms with E-state index in [1.54, 1.807) is 17.1 Å². The minimum atomic E-state index is -0.577. The highest BCUT2D eigenvalue weighted by Crippen LogP contribution is 2.34. The molecule has 1 aromatic carbocycles. The number of aromatic hydroxyl groups is 1. The summed E-state index contributed by atoms with van der Waals surface area (Å²) in [7, 11) is 0. The van der Waals surface area contributed by atoms with E-state index in [9.17, 15) is 9.50 Å². The quantitative estimate of drug-likeness (QED) is 0.414. The number of hydrogen-bond donors (Lipinski definition) is 2. The average molecular weight is 451 g/mol. The Morgan fingerprint density at radius 2 is 1.82 bits per heavy atom. The van der Waals surface area contributed by atoms with Crippen LogP contribution < -0.4 is 5.73 Å². The molecule has 34 heavy (non-hydrogen) atoms.